The SMILES string of the molecule is O=C1CN(CC=Cc2ccc([N+](=O)[O-])s2)CCN1. The molecule has 0 radical (unpaired) electrons. The molecule has 1 saturated heterocycles. The van der Waals surface area contributed by atoms with Gasteiger partial charge in [-0.1, -0.05) is 17.4 Å². The van der Waals surface area contributed by atoms with Crippen LogP contribution in [-0.4, -0.2) is 41.9 Å². The third-order valence-electron chi connectivity index (χ3n) is 2.56. The van der Waals surface area contributed by atoms with Crippen LogP contribution < -0.4 is 5.32 Å². The van der Waals surface area contributed by atoms with E-state index in [1.807, 2.05) is 17.1 Å². The van der Waals surface area contributed by atoms with Crippen molar-refractivity contribution >= 4 is 28.3 Å². The first-order valence-electron chi connectivity index (χ1n) is 5.55. The largest absolute Gasteiger partial charge is 0.354 e. The van der Waals surface area contributed by atoms with E-state index in [2.05, 4.69) is 5.32 Å². The number of nitro groups is 1. The lowest BCUT2D eigenvalue weighted by Crippen LogP contribution is -2.47. The van der Waals surface area contributed by atoms with Gasteiger partial charge in [-0.25, -0.2) is 0 Å². The molecule has 1 amide bonds. The molecule has 1 fully saturated rings. The first-order valence-corrected chi connectivity index (χ1v) is 6.36. The van der Waals surface area contributed by atoms with Gasteiger partial charge in [0.25, 0.3) is 0 Å². The lowest BCUT2D eigenvalue weighted by molar-refractivity contribution is -0.380. The Morgan fingerprint density at radius 3 is 3.06 bits per heavy atom. The van der Waals surface area contributed by atoms with Crippen LogP contribution in [0.3, 0.4) is 0 Å². The molecule has 1 aromatic rings. The van der Waals surface area contributed by atoms with Crippen LogP contribution in [0.1, 0.15) is 4.88 Å². The summed E-state index contributed by atoms with van der Waals surface area (Å²) in [5.41, 5.74) is 0. The number of rotatable bonds is 4. The van der Waals surface area contributed by atoms with E-state index in [1.165, 1.54) is 6.07 Å². The predicted octanol–water partition coefficient (Wildman–Crippen LogP) is 1.10. The van der Waals surface area contributed by atoms with Crippen LogP contribution in [0.2, 0.25) is 0 Å². The van der Waals surface area contributed by atoms with Crippen LogP contribution in [0.5, 0.6) is 0 Å². The highest BCUT2D eigenvalue weighted by Gasteiger charge is 2.14. The Kier molecular flexibility index (Phi) is 4.06. The van der Waals surface area contributed by atoms with Crippen molar-refractivity contribution in [3.8, 4) is 0 Å². The van der Waals surface area contributed by atoms with E-state index in [1.54, 1.807) is 6.07 Å². The summed E-state index contributed by atoms with van der Waals surface area (Å²) in [7, 11) is 0. The van der Waals surface area contributed by atoms with Gasteiger partial charge in [-0.15, -0.1) is 0 Å². The van der Waals surface area contributed by atoms with E-state index in [4.69, 9.17) is 0 Å². The van der Waals surface area contributed by atoms with Crippen molar-refractivity contribution in [2.75, 3.05) is 26.2 Å². The molecule has 0 bridgehead atoms. The van der Waals surface area contributed by atoms with E-state index < -0.39 is 4.92 Å². The molecule has 7 heteroatoms. The van der Waals surface area contributed by atoms with Crippen LogP contribution in [0.15, 0.2) is 18.2 Å². The molecule has 96 valence electrons. The van der Waals surface area contributed by atoms with Gasteiger partial charge in [-0.05, 0) is 12.1 Å². The number of nitrogens with zero attached hydrogens (tertiary/aromatic N) is 2. The van der Waals surface area contributed by atoms with E-state index in [0.29, 0.717) is 19.6 Å². The minimum atomic E-state index is -0.392. The highest BCUT2D eigenvalue weighted by molar-refractivity contribution is 7.16. The normalized spacial score (nSPS) is 17.0. The third-order valence-corrected chi connectivity index (χ3v) is 3.56. The van der Waals surface area contributed by atoms with Crippen LogP contribution >= 0.6 is 11.3 Å². The van der Waals surface area contributed by atoms with E-state index in [-0.39, 0.29) is 10.9 Å². The summed E-state index contributed by atoms with van der Waals surface area (Å²) in [5, 5.41) is 13.4. The minimum absolute atomic E-state index is 0.0430. The molecule has 0 aromatic carbocycles. The number of hydrogen-bond donors (Lipinski definition) is 1. The van der Waals surface area contributed by atoms with Gasteiger partial charge >= 0.3 is 5.00 Å². The molecule has 1 N–H and O–H groups in total. The van der Waals surface area contributed by atoms with Crippen molar-refractivity contribution < 1.29 is 9.72 Å². The first-order chi connectivity index (χ1) is 8.65. The molecule has 2 heterocycles. The number of nitrogens with one attached hydrogen (secondary N) is 1. The van der Waals surface area contributed by atoms with Crippen LogP contribution in [0.25, 0.3) is 6.08 Å². The van der Waals surface area contributed by atoms with Gasteiger partial charge in [0.05, 0.1) is 11.5 Å². The topological polar surface area (TPSA) is 75.5 Å². The summed E-state index contributed by atoms with van der Waals surface area (Å²) in [5.74, 6) is 0.0430. The number of amides is 1. The summed E-state index contributed by atoms with van der Waals surface area (Å²) < 4.78 is 0. The summed E-state index contributed by atoms with van der Waals surface area (Å²) >= 11 is 1.14. The van der Waals surface area contributed by atoms with Crippen LogP contribution in [0.4, 0.5) is 5.00 Å². The predicted molar refractivity (Wildman–Crippen MR) is 69.5 cm³/mol. The Hall–Kier alpha value is -1.73. The monoisotopic (exact) mass is 267 g/mol. The zero-order valence-corrected chi connectivity index (χ0v) is 10.5. The Labute approximate surface area is 108 Å². The van der Waals surface area contributed by atoms with E-state index in [0.717, 1.165) is 22.8 Å². The first kappa shape index (κ1) is 12.7. The fraction of sp³-hybridized carbons (Fsp3) is 0.364. The second kappa shape index (κ2) is 5.74. The molecular formula is C11H13N3O3S. The maximum Gasteiger partial charge on any atom is 0.324 e. The van der Waals surface area contributed by atoms with Crippen LogP contribution in [-0.2, 0) is 4.79 Å². The highest BCUT2D eigenvalue weighted by atomic mass is 32.1. The standard InChI is InChI=1S/C11H13N3O3S/c15-10-8-13(7-5-12-10)6-1-2-9-3-4-11(18-9)14(16)17/h1-4H,5-8H2,(H,12,15). The summed E-state index contributed by atoms with van der Waals surface area (Å²) in [6, 6.07) is 3.22. The molecule has 18 heavy (non-hydrogen) atoms. The van der Waals surface area contributed by atoms with Crippen molar-refractivity contribution in [3.05, 3.63) is 33.2 Å². The summed E-state index contributed by atoms with van der Waals surface area (Å²) in [4.78, 5) is 24.1. The van der Waals surface area contributed by atoms with E-state index >= 15 is 0 Å². The third kappa shape index (κ3) is 3.38. The van der Waals surface area contributed by atoms with Gasteiger partial charge in [0.1, 0.15) is 0 Å². The van der Waals surface area contributed by atoms with Crippen molar-refractivity contribution in [3.63, 3.8) is 0 Å². The van der Waals surface area contributed by atoms with Crippen molar-refractivity contribution in [2.24, 2.45) is 0 Å². The molecular weight excluding hydrogens is 254 g/mol. The fourth-order valence-corrected chi connectivity index (χ4v) is 2.45. The quantitative estimate of drug-likeness (QED) is 0.654. The minimum Gasteiger partial charge on any atom is -0.354 e. The summed E-state index contributed by atoms with van der Waals surface area (Å²) in [6.07, 6.45) is 3.78. The number of thiophene rings is 1. The maximum atomic E-state index is 11.1. The molecule has 0 spiro atoms. The van der Waals surface area contributed by atoms with Gasteiger partial charge in [-0.3, -0.25) is 19.8 Å². The molecule has 1 aromatic heterocycles. The maximum absolute atomic E-state index is 11.1. The molecule has 6 nitrogen and oxygen atoms in total. The Bertz CT molecular complexity index is 484. The number of hydrogen-bond acceptors (Lipinski definition) is 5. The molecule has 1 aliphatic rings. The Balaban J connectivity index is 1.86. The number of carbonyl (C=O) groups is 1. The average Bonchev–Trinajstić information content (AvgIpc) is 2.78. The number of piperazine rings is 1. The van der Waals surface area contributed by atoms with Gasteiger partial charge in [0.15, 0.2) is 0 Å². The molecule has 0 aliphatic carbocycles. The van der Waals surface area contributed by atoms with Crippen molar-refractivity contribution in [1.82, 2.24) is 10.2 Å². The smallest absolute Gasteiger partial charge is 0.324 e. The number of carbonyl (C=O) groups excluding carboxylic acids is 1. The Morgan fingerprint density at radius 2 is 2.39 bits per heavy atom. The van der Waals surface area contributed by atoms with E-state index in [9.17, 15) is 14.9 Å². The molecule has 2 rings (SSSR count). The lowest BCUT2D eigenvalue weighted by Gasteiger charge is -2.24. The van der Waals surface area contributed by atoms with Crippen LogP contribution in [0, 0.1) is 10.1 Å². The zero-order chi connectivity index (χ0) is 13.0. The van der Waals surface area contributed by atoms with Gasteiger partial charge in [0, 0.05) is 30.6 Å². The van der Waals surface area contributed by atoms with Gasteiger partial charge in [0.2, 0.25) is 5.91 Å². The lowest BCUT2D eigenvalue weighted by atomic mass is 10.3. The molecule has 0 unspecified atom stereocenters. The highest BCUT2D eigenvalue weighted by Crippen LogP contribution is 2.24. The van der Waals surface area contributed by atoms with Gasteiger partial charge in [-0.2, -0.15) is 0 Å². The molecule has 1 aliphatic heterocycles. The average molecular weight is 267 g/mol. The van der Waals surface area contributed by atoms with Gasteiger partial charge < -0.3 is 5.32 Å². The fourth-order valence-electron chi connectivity index (χ4n) is 1.70. The Morgan fingerprint density at radius 1 is 1.56 bits per heavy atom. The molecule has 0 saturated carbocycles. The summed E-state index contributed by atoms with van der Waals surface area (Å²) in [6.45, 7) is 2.60. The second-order valence-corrected chi connectivity index (χ2v) is 5.01. The molecule has 0 atom stereocenters. The zero-order valence-electron chi connectivity index (χ0n) is 9.67. The van der Waals surface area contributed by atoms with Crippen molar-refractivity contribution in [2.45, 2.75) is 0 Å². The van der Waals surface area contributed by atoms with Crippen molar-refractivity contribution in [1.29, 1.82) is 0 Å². The second-order valence-electron chi connectivity index (χ2n) is 3.92.